The van der Waals surface area contributed by atoms with Crippen molar-refractivity contribution in [3.05, 3.63) is 0 Å². The second-order valence-corrected chi connectivity index (χ2v) is 9.00. The molecule has 0 bridgehead atoms. The van der Waals surface area contributed by atoms with E-state index in [2.05, 4.69) is 41.5 Å². The molecule has 0 radical (unpaired) electrons. The van der Waals surface area contributed by atoms with Crippen molar-refractivity contribution < 1.29 is 0 Å². The lowest BCUT2D eigenvalue weighted by Gasteiger charge is -2.16. The van der Waals surface area contributed by atoms with Crippen molar-refractivity contribution in [2.24, 2.45) is 23.7 Å². The summed E-state index contributed by atoms with van der Waals surface area (Å²) in [5.41, 5.74) is 0. The number of unbranched alkanes of at least 4 members (excludes halogenated alkanes) is 2. The molecule has 0 aromatic rings. The van der Waals surface area contributed by atoms with Crippen molar-refractivity contribution in [3.8, 4) is 0 Å². The Labute approximate surface area is 149 Å². The first-order chi connectivity index (χ1) is 11.0. The molecule has 3 atom stereocenters. The van der Waals surface area contributed by atoms with Crippen molar-refractivity contribution in [1.82, 2.24) is 0 Å². The number of rotatable bonds is 16. The third-order valence-corrected chi connectivity index (χ3v) is 5.57. The molecule has 0 spiro atoms. The first-order valence-electron chi connectivity index (χ1n) is 11.0. The Hall–Kier alpha value is 0. The van der Waals surface area contributed by atoms with Crippen LogP contribution in [0.15, 0.2) is 0 Å². The van der Waals surface area contributed by atoms with Gasteiger partial charge in [-0.3, -0.25) is 0 Å². The fourth-order valence-corrected chi connectivity index (χ4v) is 3.68. The molecular weight excluding hydrogens is 276 g/mol. The molecule has 0 aliphatic heterocycles. The van der Waals surface area contributed by atoms with Crippen LogP contribution >= 0.6 is 0 Å². The second-order valence-electron chi connectivity index (χ2n) is 9.00. The highest BCUT2D eigenvalue weighted by atomic mass is 14.1. The summed E-state index contributed by atoms with van der Waals surface area (Å²) >= 11 is 0. The predicted octanol–water partition coefficient (Wildman–Crippen LogP) is 8.64. The third-order valence-electron chi connectivity index (χ3n) is 5.57. The minimum Gasteiger partial charge on any atom is -0.0654 e. The number of hydrogen-bond acceptors (Lipinski definition) is 0. The highest BCUT2D eigenvalue weighted by molar-refractivity contribution is 4.61. The zero-order valence-corrected chi connectivity index (χ0v) is 17.5. The molecule has 0 aliphatic rings. The Morgan fingerprint density at radius 2 is 0.783 bits per heavy atom. The average Bonchev–Trinajstić information content (AvgIpc) is 2.47. The molecule has 0 heterocycles. The van der Waals surface area contributed by atoms with Gasteiger partial charge in [0, 0.05) is 0 Å². The van der Waals surface area contributed by atoms with Gasteiger partial charge in [0.15, 0.2) is 0 Å². The minimum atomic E-state index is 0.881. The van der Waals surface area contributed by atoms with E-state index in [-0.39, 0.29) is 0 Å². The van der Waals surface area contributed by atoms with Gasteiger partial charge in [0.2, 0.25) is 0 Å². The van der Waals surface area contributed by atoms with E-state index in [4.69, 9.17) is 0 Å². The highest BCUT2D eigenvalue weighted by Gasteiger charge is 2.08. The van der Waals surface area contributed by atoms with Gasteiger partial charge in [-0.1, -0.05) is 125 Å². The van der Waals surface area contributed by atoms with E-state index >= 15 is 0 Å². The van der Waals surface area contributed by atoms with Gasteiger partial charge in [-0.25, -0.2) is 0 Å². The molecule has 140 valence electrons. The summed E-state index contributed by atoms with van der Waals surface area (Å²) in [5, 5.41) is 0. The Kier molecular flexibility index (Phi) is 15.5. The van der Waals surface area contributed by atoms with Crippen molar-refractivity contribution in [3.63, 3.8) is 0 Å². The van der Waals surface area contributed by atoms with Crippen LogP contribution in [0.5, 0.6) is 0 Å². The zero-order chi connectivity index (χ0) is 17.5. The van der Waals surface area contributed by atoms with Gasteiger partial charge in [-0.2, -0.15) is 0 Å². The summed E-state index contributed by atoms with van der Waals surface area (Å²) in [4.78, 5) is 0. The third kappa shape index (κ3) is 16.6. The second kappa shape index (κ2) is 15.5. The molecule has 0 nitrogen and oxygen atoms in total. The molecule has 0 saturated carbocycles. The Bertz CT molecular complexity index is 230. The van der Waals surface area contributed by atoms with Gasteiger partial charge in [-0.15, -0.1) is 0 Å². The molecule has 0 aromatic heterocycles. The summed E-state index contributed by atoms with van der Waals surface area (Å²) < 4.78 is 0. The standard InChI is InChI=1S/C23H48/c1-7-8-9-14-21(4)16-11-18-23(6)19-12-17-22(5)15-10-13-20(2)3/h20-23H,7-19H2,1-6H3/t21-,22-,23+/m0/s1. The van der Waals surface area contributed by atoms with Crippen molar-refractivity contribution in [1.29, 1.82) is 0 Å². The molecule has 0 heteroatoms. The topological polar surface area (TPSA) is 0 Å². The lowest BCUT2D eigenvalue weighted by molar-refractivity contribution is 0.371. The maximum absolute atomic E-state index is 2.48. The van der Waals surface area contributed by atoms with Crippen LogP contribution < -0.4 is 0 Å². The molecule has 0 fully saturated rings. The smallest absolute Gasteiger partial charge is 0.0443 e. The minimum absolute atomic E-state index is 0.881. The van der Waals surface area contributed by atoms with Crippen molar-refractivity contribution >= 4 is 0 Å². The summed E-state index contributed by atoms with van der Waals surface area (Å²) in [6, 6.07) is 0. The normalized spacial score (nSPS) is 15.8. The van der Waals surface area contributed by atoms with Gasteiger partial charge in [0.1, 0.15) is 0 Å². The summed E-state index contributed by atoms with van der Waals surface area (Å²) in [6.45, 7) is 14.4. The highest BCUT2D eigenvalue weighted by Crippen LogP contribution is 2.23. The van der Waals surface area contributed by atoms with Gasteiger partial charge >= 0.3 is 0 Å². The average molecular weight is 325 g/mol. The molecule has 23 heavy (non-hydrogen) atoms. The van der Waals surface area contributed by atoms with E-state index in [1.165, 1.54) is 83.5 Å². The van der Waals surface area contributed by atoms with E-state index < -0.39 is 0 Å². The SMILES string of the molecule is CCCCC[C@H](C)CCC[C@@H](C)CCC[C@@H](C)CCCC(C)C. The molecule has 0 aromatic carbocycles. The first-order valence-corrected chi connectivity index (χ1v) is 11.0. The maximum atomic E-state index is 2.48. The molecule has 0 saturated heterocycles. The zero-order valence-electron chi connectivity index (χ0n) is 17.5. The van der Waals surface area contributed by atoms with Crippen LogP contribution in [0.4, 0.5) is 0 Å². The van der Waals surface area contributed by atoms with Gasteiger partial charge in [0.25, 0.3) is 0 Å². The van der Waals surface area contributed by atoms with Crippen molar-refractivity contribution in [2.75, 3.05) is 0 Å². The van der Waals surface area contributed by atoms with E-state index in [1.54, 1.807) is 0 Å². The molecule has 0 unspecified atom stereocenters. The largest absolute Gasteiger partial charge is 0.0654 e. The van der Waals surface area contributed by atoms with Crippen LogP contribution in [0.1, 0.15) is 125 Å². The Morgan fingerprint density at radius 1 is 0.435 bits per heavy atom. The van der Waals surface area contributed by atoms with Gasteiger partial charge < -0.3 is 0 Å². The van der Waals surface area contributed by atoms with E-state index in [0.717, 1.165) is 23.7 Å². The van der Waals surface area contributed by atoms with Crippen LogP contribution in [-0.2, 0) is 0 Å². The summed E-state index contributed by atoms with van der Waals surface area (Å²) in [6.07, 6.45) is 18.7. The molecule has 0 amide bonds. The summed E-state index contributed by atoms with van der Waals surface area (Å²) in [7, 11) is 0. The van der Waals surface area contributed by atoms with Gasteiger partial charge in [0.05, 0.1) is 0 Å². The van der Waals surface area contributed by atoms with Crippen LogP contribution in [0.25, 0.3) is 0 Å². The summed E-state index contributed by atoms with van der Waals surface area (Å²) in [5.74, 6) is 3.72. The Morgan fingerprint density at radius 3 is 1.13 bits per heavy atom. The fourth-order valence-electron chi connectivity index (χ4n) is 3.68. The Balaban J connectivity index is 3.47. The lowest BCUT2D eigenvalue weighted by atomic mass is 9.90. The van der Waals surface area contributed by atoms with Gasteiger partial charge in [-0.05, 0) is 23.7 Å². The molecule has 0 aliphatic carbocycles. The van der Waals surface area contributed by atoms with E-state index in [0.29, 0.717) is 0 Å². The maximum Gasteiger partial charge on any atom is -0.0443 e. The van der Waals surface area contributed by atoms with Crippen LogP contribution in [-0.4, -0.2) is 0 Å². The fraction of sp³-hybridized carbons (Fsp3) is 1.00. The molecular formula is C23H48. The van der Waals surface area contributed by atoms with E-state index in [9.17, 15) is 0 Å². The lowest BCUT2D eigenvalue weighted by Crippen LogP contribution is -2.01. The van der Waals surface area contributed by atoms with E-state index in [1.807, 2.05) is 0 Å². The molecule has 0 N–H and O–H groups in total. The monoisotopic (exact) mass is 324 g/mol. The predicted molar refractivity (Wildman–Crippen MR) is 108 cm³/mol. The van der Waals surface area contributed by atoms with Crippen LogP contribution in [0, 0.1) is 23.7 Å². The first kappa shape index (κ1) is 23.0. The van der Waals surface area contributed by atoms with Crippen LogP contribution in [0.3, 0.4) is 0 Å². The van der Waals surface area contributed by atoms with Crippen LogP contribution in [0.2, 0.25) is 0 Å². The number of hydrogen-bond donors (Lipinski definition) is 0. The molecule has 0 rings (SSSR count). The quantitative estimate of drug-likeness (QED) is 0.249. The van der Waals surface area contributed by atoms with Crippen molar-refractivity contribution in [2.45, 2.75) is 125 Å².